The smallest absolute Gasteiger partial charge is 0.377 e. The Hall–Kier alpha value is -1.71. The van der Waals surface area contributed by atoms with Crippen molar-refractivity contribution in [3.8, 4) is 0 Å². The third kappa shape index (κ3) is 2.58. The molecule has 0 aliphatic heterocycles. The zero-order valence-corrected chi connectivity index (χ0v) is 9.99. The third-order valence-electron chi connectivity index (χ3n) is 3.50. The summed E-state index contributed by atoms with van der Waals surface area (Å²) in [6.07, 6.45) is 5.31. The predicted octanol–water partition coefficient (Wildman–Crippen LogP) is 3.14. The van der Waals surface area contributed by atoms with Crippen molar-refractivity contribution in [2.75, 3.05) is 0 Å². The van der Waals surface area contributed by atoms with Gasteiger partial charge in [-0.2, -0.15) is 0 Å². The Bertz CT molecular complexity index is 476. The van der Waals surface area contributed by atoms with Gasteiger partial charge in [-0.15, -0.1) is 0 Å². The van der Waals surface area contributed by atoms with Crippen molar-refractivity contribution in [3.05, 3.63) is 35.1 Å². The van der Waals surface area contributed by atoms with Crippen LogP contribution in [0.25, 0.3) is 0 Å². The fourth-order valence-corrected chi connectivity index (χ4v) is 2.54. The fraction of sp³-hybridized carbons (Fsp3) is 0.429. The van der Waals surface area contributed by atoms with Crippen LogP contribution in [0.2, 0.25) is 0 Å². The highest BCUT2D eigenvalue weighted by Gasteiger charge is 2.21. The highest BCUT2D eigenvalue weighted by atomic mass is 19.1. The molecule has 0 radical (unpaired) electrons. The highest BCUT2D eigenvalue weighted by Crippen LogP contribution is 2.34. The summed E-state index contributed by atoms with van der Waals surface area (Å²) in [5, 5.41) is 8.57. The molecule has 96 valence electrons. The lowest BCUT2D eigenvalue weighted by Gasteiger charge is -2.22. The topological polar surface area (TPSA) is 54.4 Å². The van der Waals surface area contributed by atoms with Gasteiger partial charge in [0.05, 0.1) is 0 Å². The molecule has 1 aliphatic rings. The summed E-state index contributed by atoms with van der Waals surface area (Å²) in [4.78, 5) is 21.7. The Kier molecular flexibility index (Phi) is 3.75. The van der Waals surface area contributed by atoms with Gasteiger partial charge in [0.1, 0.15) is 5.82 Å². The van der Waals surface area contributed by atoms with Crippen LogP contribution in [0, 0.1) is 5.82 Å². The average Bonchev–Trinajstić information content (AvgIpc) is 2.38. The highest BCUT2D eigenvalue weighted by molar-refractivity contribution is 6.39. The van der Waals surface area contributed by atoms with Crippen LogP contribution in [0.1, 0.15) is 53.9 Å². The van der Waals surface area contributed by atoms with Crippen molar-refractivity contribution in [3.63, 3.8) is 0 Å². The molecule has 18 heavy (non-hydrogen) atoms. The van der Waals surface area contributed by atoms with Crippen LogP contribution in [0.5, 0.6) is 0 Å². The average molecular weight is 250 g/mol. The van der Waals surface area contributed by atoms with Crippen LogP contribution in [-0.4, -0.2) is 16.9 Å². The number of carbonyl (C=O) groups excluding carboxylic acids is 1. The molecule has 0 aromatic heterocycles. The molecule has 0 bridgehead atoms. The van der Waals surface area contributed by atoms with Gasteiger partial charge in [-0.25, -0.2) is 9.18 Å². The first kappa shape index (κ1) is 12.7. The molecular weight excluding hydrogens is 235 g/mol. The lowest BCUT2D eigenvalue weighted by atomic mass is 9.83. The minimum Gasteiger partial charge on any atom is -0.475 e. The lowest BCUT2D eigenvalue weighted by Crippen LogP contribution is -2.14. The summed E-state index contributed by atoms with van der Waals surface area (Å²) in [6, 6.07) is 4.01. The minimum atomic E-state index is -1.56. The molecule has 0 atom stereocenters. The van der Waals surface area contributed by atoms with Crippen molar-refractivity contribution >= 4 is 11.8 Å². The van der Waals surface area contributed by atoms with E-state index in [2.05, 4.69) is 0 Å². The van der Waals surface area contributed by atoms with Gasteiger partial charge in [0, 0.05) is 5.56 Å². The quantitative estimate of drug-likeness (QED) is 0.662. The van der Waals surface area contributed by atoms with E-state index >= 15 is 0 Å². The molecule has 0 amide bonds. The fourth-order valence-electron chi connectivity index (χ4n) is 2.54. The Balaban J connectivity index is 2.24. The third-order valence-corrected chi connectivity index (χ3v) is 3.50. The van der Waals surface area contributed by atoms with Crippen LogP contribution in [0.15, 0.2) is 18.2 Å². The summed E-state index contributed by atoms with van der Waals surface area (Å²) in [7, 11) is 0. The normalized spacial score (nSPS) is 16.5. The van der Waals surface area contributed by atoms with E-state index in [0.29, 0.717) is 5.56 Å². The number of hydrogen-bond donors (Lipinski definition) is 1. The van der Waals surface area contributed by atoms with Crippen molar-refractivity contribution in [1.29, 1.82) is 0 Å². The first-order valence-electron chi connectivity index (χ1n) is 6.16. The number of carboxylic acids is 1. The van der Waals surface area contributed by atoms with Crippen LogP contribution in [0.4, 0.5) is 4.39 Å². The Morgan fingerprint density at radius 3 is 2.39 bits per heavy atom. The zero-order valence-electron chi connectivity index (χ0n) is 9.99. The van der Waals surface area contributed by atoms with E-state index in [0.717, 1.165) is 31.7 Å². The van der Waals surface area contributed by atoms with Gasteiger partial charge in [0.2, 0.25) is 0 Å². The maximum absolute atomic E-state index is 13.9. The van der Waals surface area contributed by atoms with E-state index in [4.69, 9.17) is 5.11 Å². The van der Waals surface area contributed by atoms with Crippen molar-refractivity contribution in [2.45, 2.75) is 38.0 Å². The number of rotatable bonds is 3. The van der Waals surface area contributed by atoms with Gasteiger partial charge in [-0.3, -0.25) is 4.79 Å². The monoisotopic (exact) mass is 250 g/mol. The number of halogens is 1. The molecule has 0 spiro atoms. The summed E-state index contributed by atoms with van der Waals surface area (Å²) in [5.41, 5.74) is 0.510. The molecule has 1 saturated carbocycles. The van der Waals surface area contributed by atoms with Gasteiger partial charge in [-0.1, -0.05) is 31.4 Å². The van der Waals surface area contributed by atoms with Crippen LogP contribution >= 0.6 is 0 Å². The van der Waals surface area contributed by atoms with Crippen LogP contribution in [-0.2, 0) is 4.79 Å². The maximum Gasteiger partial charge on any atom is 0.377 e. The number of hydrogen-bond acceptors (Lipinski definition) is 2. The second-order valence-electron chi connectivity index (χ2n) is 4.71. The molecule has 1 N–H and O–H groups in total. The van der Waals surface area contributed by atoms with Gasteiger partial charge >= 0.3 is 5.97 Å². The maximum atomic E-state index is 13.9. The molecule has 1 aliphatic carbocycles. The number of benzene rings is 1. The molecule has 1 fully saturated rings. The predicted molar refractivity (Wildman–Crippen MR) is 64.2 cm³/mol. The van der Waals surface area contributed by atoms with E-state index in [1.807, 2.05) is 0 Å². The lowest BCUT2D eigenvalue weighted by molar-refractivity contribution is -0.131. The number of aliphatic carboxylic acids is 1. The minimum absolute atomic E-state index is 0.0976. The van der Waals surface area contributed by atoms with Crippen molar-refractivity contribution in [2.24, 2.45) is 0 Å². The Labute approximate surface area is 105 Å². The van der Waals surface area contributed by atoms with Crippen LogP contribution in [0.3, 0.4) is 0 Å². The zero-order chi connectivity index (χ0) is 13.1. The first-order valence-corrected chi connectivity index (χ1v) is 6.16. The molecule has 4 heteroatoms. The largest absolute Gasteiger partial charge is 0.475 e. The number of carbonyl (C=O) groups is 2. The van der Waals surface area contributed by atoms with Gasteiger partial charge in [-0.05, 0) is 30.4 Å². The molecule has 3 nitrogen and oxygen atoms in total. The van der Waals surface area contributed by atoms with Crippen molar-refractivity contribution in [1.82, 2.24) is 0 Å². The van der Waals surface area contributed by atoms with Crippen molar-refractivity contribution < 1.29 is 19.1 Å². The summed E-state index contributed by atoms with van der Waals surface area (Å²) < 4.78 is 13.9. The number of Topliss-reactive ketones (excluding diaryl/α,β-unsaturated/α-hetero) is 1. The number of carboxylic acid groups (broad SMARTS) is 1. The van der Waals surface area contributed by atoms with Crippen LogP contribution < -0.4 is 0 Å². The van der Waals surface area contributed by atoms with E-state index < -0.39 is 17.6 Å². The van der Waals surface area contributed by atoms with E-state index in [1.165, 1.54) is 12.5 Å². The van der Waals surface area contributed by atoms with E-state index in [1.54, 1.807) is 6.07 Å². The molecule has 1 aromatic rings. The van der Waals surface area contributed by atoms with Gasteiger partial charge in [0.15, 0.2) is 0 Å². The summed E-state index contributed by atoms with van der Waals surface area (Å²) in [6.45, 7) is 0. The summed E-state index contributed by atoms with van der Waals surface area (Å²) >= 11 is 0. The molecule has 1 aromatic carbocycles. The second kappa shape index (κ2) is 5.29. The molecular formula is C14H15FO3. The Morgan fingerprint density at radius 2 is 1.83 bits per heavy atom. The SMILES string of the molecule is O=C(O)C(=O)c1ccc(C2CCCCC2)c(F)c1. The first-order chi connectivity index (χ1) is 8.59. The van der Waals surface area contributed by atoms with Gasteiger partial charge in [0.25, 0.3) is 5.78 Å². The summed E-state index contributed by atoms with van der Waals surface area (Å²) in [5.74, 6) is -2.88. The van der Waals surface area contributed by atoms with E-state index in [-0.39, 0.29) is 11.5 Å². The molecule has 2 rings (SSSR count). The Morgan fingerprint density at radius 1 is 1.17 bits per heavy atom. The molecule has 0 saturated heterocycles. The number of ketones is 1. The van der Waals surface area contributed by atoms with Gasteiger partial charge < -0.3 is 5.11 Å². The second-order valence-corrected chi connectivity index (χ2v) is 4.71. The molecule has 0 heterocycles. The van der Waals surface area contributed by atoms with E-state index in [9.17, 15) is 14.0 Å². The molecule has 0 unspecified atom stereocenters. The standard InChI is InChI=1S/C14H15FO3/c15-12-8-10(13(16)14(17)18)6-7-11(12)9-4-2-1-3-5-9/h6-9H,1-5H2,(H,17,18).